The average molecular weight is 328 g/mol. The highest BCUT2D eigenvalue weighted by molar-refractivity contribution is 6.11. The molecule has 24 heavy (non-hydrogen) atoms. The van der Waals surface area contributed by atoms with Crippen molar-refractivity contribution in [3.8, 4) is 0 Å². The van der Waals surface area contributed by atoms with Crippen LogP contribution in [0.1, 0.15) is 11.1 Å². The van der Waals surface area contributed by atoms with Crippen LogP contribution in [0.15, 0.2) is 60.7 Å². The Morgan fingerprint density at radius 1 is 1.00 bits per heavy atom. The summed E-state index contributed by atoms with van der Waals surface area (Å²) in [5.41, 5.74) is -0.844. The van der Waals surface area contributed by atoms with Gasteiger partial charge in [-0.25, -0.2) is 18.9 Å². The van der Waals surface area contributed by atoms with E-state index in [4.69, 9.17) is 5.11 Å². The first-order chi connectivity index (χ1) is 11.5. The van der Waals surface area contributed by atoms with Crippen molar-refractivity contribution in [1.82, 2.24) is 10.2 Å². The molecule has 1 atom stereocenters. The summed E-state index contributed by atoms with van der Waals surface area (Å²) in [7, 11) is 0. The Hall–Kier alpha value is -3.22. The number of carbonyl (C=O) groups is 3. The Morgan fingerprint density at radius 2 is 1.46 bits per heavy atom. The molecule has 0 spiro atoms. The SMILES string of the molecule is O=C(O)C(F)N1C(=O)NC(c2ccccc2)(c2ccccc2)C1=O. The Bertz CT molecular complexity index is 755. The third-order valence-electron chi connectivity index (χ3n) is 3.90. The number of urea groups is 1. The van der Waals surface area contributed by atoms with Crippen molar-refractivity contribution in [2.24, 2.45) is 0 Å². The summed E-state index contributed by atoms with van der Waals surface area (Å²) in [6, 6.07) is 15.5. The quantitative estimate of drug-likeness (QED) is 0.662. The van der Waals surface area contributed by atoms with Crippen LogP contribution in [-0.4, -0.2) is 34.2 Å². The van der Waals surface area contributed by atoms with Crippen LogP contribution in [0.25, 0.3) is 0 Å². The number of carbonyl (C=O) groups excluding carboxylic acids is 2. The number of carboxylic acids is 1. The van der Waals surface area contributed by atoms with Gasteiger partial charge in [0.15, 0.2) is 5.54 Å². The van der Waals surface area contributed by atoms with Crippen LogP contribution in [0.5, 0.6) is 0 Å². The molecular formula is C17H13FN2O4. The molecule has 1 aliphatic heterocycles. The molecule has 0 bridgehead atoms. The topological polar surface area (TPSA) is 86.7 Å². The summed E-state index contributed by atoms with van der Waals surface area (Å²) >= 11 is 0. The summed E-state index contributed by atoms with van der Waals surface area (Å²) in [4.78, 5) is 36.1. The van der Waals surface area contributed by atoms with E-state index in [1.165, 1.54) is 0 Å². The van der Waals surface area contributed by atoms with Crippen molar-refractivity contribution >= 4 is 17.9 Å². The second kappa shape index (κ2) is 5.77. The molecule has 1 saturated heterocycles. The van der Waals surface area contributed by atoms with Gasteiger partial charge in [0, 0.05) is 0 Å². The number of aliphatic carboxylic acids is 1. The number of carboxylic acid groups (broad SMARTS) is 1. The molecule has 0 aliphatic carbocycles. The van der Waals surface area contributed by atoms with Gasteiger partial charge in [0.1, 0.15) is 0 Å². The first-order valence-electron chi connectivity index (χ1n) is 7.12. The number of nitrogens with one attached hydrogen (secondary N) is 1. The third kappa shape index (κ3) is 2.21. The molecule has 0 saturated carbocycles. The number of imide groups is 1. The molecule has 1 heterocycles. The standard InChI is InChI=1S/C17H13FN2O4/c18-13(14(21)22)20-15(23)17(19-16(20)24,11-7-3-1-4-8-11)12-9-5-2-6-10-12/h1-10,13H,(H,19,24)(H,21,22). The smallest absolute Gasteiger partial charge is 0.360 e. The molecule has 122 valence electrons. The van der Waals surface area contributed by atoms with Crippen LogP contribution < -0.4 is 5.32 Å². The number of nitrogens with zero attached hydrogens (tertiary/aromatic N) is 1. The first-order valence-corrected chi connectivity index (χ1v) is 7.12. The average Bonchev–Trinajstić information content (AvgIpc) is 2.87. The van der Waals surface area contributed by atoms with Gasteiger partial charge in [-0.2, -0.15) is 0 Å². The highest BCUT2D eigenvalue weighted by Gasteiger charge is 2.57. The minimum atomic E-state index is -2.76. The molecule has 1 unspecified atom stereocenters. The second-order valence-electron chi connectivity index (χ2n) is 5.26. The van der Waals surface area contributed by atoms with E-state index in [1.54, 1.807) is 60.7 Å². The lowest BCUT2D eigenvalue weighted by molar-refractivity contribution is -0.154. The van der Waals surface area contributed by atoms with Gasteiger partial charge in [0.25, 0.3) is 12.2 Å². The van der Waals surface area contributed by atoms with Crippen molar-refractivity contribution in [3.05, 3.63) is 71.8 Å². The van der Waals surface area contributed by atoms with Gasteiger partial charge in [0.05, 0.1) is 0 Å². The van der Waals surface area contributed by atoms with E-state index in [0.717, 1.165) is 0 Å². The zero-order valence-corrected chi connectivity index (χ0v) is 12.3. The van der Waals surface area contributed by atoms with E-state index in [1.807, 2.05) is 0 Å². The molecule has 3 rings (SSSR count). The van der Waals surface area contributed by atoms with E-state index >= 15 is 0 Å². The number of amides is 3. The van der Waals surface area contributed by atoms with E-state index in [2.05, 4.69) is 5.32 Å². The normalized spacial score (nSPS) is 17.5. The van der Waals surface area contributed by atoms with Gasteiger partial charge in [-0.05, 0) is 11.1 Å². The molecule has 6 nitrogen and oxygen atoms in total. The summed E-state index contributed by atoms with van der Waals surface area (Å²) < 4.78 is 14.0. The third-order valence-corrected chi connectivity index (χ3v) is 3.90. The van der Waals surface area contributed by atoms with Crippen molar-refractivity contribution in [2.45, 2.75) is 11.8 Å². The number of hydrogen-bond donors (Lipinski definition) is 2. The maximum atomic E-state index is 14.0. The van der Waals surface area contributed by atoms with Gasteiger partial charge in [-0.15, -0.1) is 0 Å². The van der Waals surface area contributed by atoms with Crippen molar-refractivity contribution < 1.29 is 23.9 Å². The highest BCUT2D eigenvalue weighted by Crippen LogP contribution is 2.36. The van der Waals surface area contributed by atoms with Gasteiger partial charge in [-0.1, -0.05) is 60.7 Å². The van der Waals surface area contributed by atoms with Gasteiger partial charge in [0.2, 0.25) is 0 Å². The predicted octanol–water partition coefficient (Wildman–Crippen LogP) is 1.86. The van der Waals surface area contributed by atoms with Crippen LogP contribution in [0.2, 0.25) is 0 Å². The van der Waals surface area contributed by atoms with E-state index in [0.29, 0.717) is 11.1 Å². The lowest BCUT2D eigenvalue weighted by Gasteiger charge is -2.28. The zero-order chi connectivity index (χ0) is 17.3. The van der Waals surface area contributed by atoms with Crippen LogP contribution in [0.4, 0.5) is 9.18 Å². The van der Waals surface area contributed by atoms with Gasteiger partial charge >= 0.3 is 12.0 Å². The number of halogens is 1. The first kappa shape index (κ1) is 15.7. The molecule has 2 aromatic carbocycles. The van der Waals surface area contributed by atoms with E-state index in [-0.39, 0.29) is 4.90 Å². The minimum Gasteiger partial charge on any atom is -0.478 e. The molecule has 2 aromatic rings. The largest absolute Gasteiger partial charge is 0.478 e. The molecule has 1 aliphatic rings. The van der Waals surface area contributed by atoms with E-state index < -0.39 is 29.7 Å². The number of alkyl halides is 1. The molecule has 1 fully saturated rings. The van der Waals surface area contributed by atoms with Crippen LogP contribution in [-0.2, 0) is 15.1 Å². The molecule has 3 amide bonds. The van der Waals surface area contributed by atoms with Crippen LogP contribution >= 0.6 is 0 Å². The van der Waals surface area contributed by atoms with Gasteiger partial charge < -0.3 is 10.4 Å². The van der Waals surface area contributed by atoms with Crippen LogP contribution in [0.3, 0.4) is 0 Å². The Balaban J connectivity index is 2.20. The van der Waals surface area contributed by atoms with Crippen molar-refractivity contribution in [2.75, 3.05) is 0 Å². The van der Waals surface area contributed by atoms with E-state index in [9.17, 15) is 18.8 Å². The lowest BCUT2D eigenvalue weighted by Crippen LogP contribution is -2.47. The Labute approximate surface area is 136 Å². The molecule has 7 heteroatoms. The highest BCUT2D eigenvalue weighted by atomic mass is 19.1. The second-order valence-corrected chi connectivity index (χ2v) is 5.26. The van der Waals surface area contributed by atoms with Gasteiger partial charge in [-0.3, -0.25) is 4.79 Å². The summed E-state index contributed by atoms with van der Waals surface area (Å²) in [6.45, 7) is 0. The summed E-state index contributed by atoms with van der Waals surface area (Å²) in [6.07, 6.45) is -2.76. The molecule has 2 N–H and O–H groups in total. The maximum Gasteiger partial charge on any atom is 0.360 e. The fraction of sp³-hybridized carbons (Fsp3) is 0.118. The van der Waals surface area contributed by atoms with Crippen LogP contribution in [0, 0.1) is 0 Å². The molecular weight excluding hydrogens is 315 g/mol. The monoisotopic (exact) mass is 328 g/mol. The molecule has 0 radical (unpaired) electrons. The molecule has 0 aromatic heterocycles. The zero-order valence-electron chi connectivity index (χ0n) is 12.3. The predicted molar refractivity (Wildman–Crippen MR) is 81.6 cm³/mol. The Morgan fingerprint density at radius 3 is 1.88 bits per heavy atom. The summed E-state index contributed by atoms with van der Waals surface area (Å²) in [5.74, 6) is -2.88. The maximum absolute atomic E-state index is 14.0. The number of benzene rings is 2. The summed E-state index contributed by atoms with van der Waals surface area (Å²) in [5, 5.41) is 11.3. The van der Waals surface area contributed by atoms with Crippen molar-refractivity contribution in [1.29, 1.82) is 0 Å². The fourth-order valence-corrected chi connectivity index (χ4v) is 2.80. The number of hydrogen-bond acceptors (Lipinski definition) is 3. The fourth-order valence-electron chi connectivity index (χ4n) is 2.80. The minimum absolute atomic E-state index is 0.0995. The number of rotatable bonds is 4. The van der Waals surface area contributed by atoms with Crippen molar-refractivity contribution in [3.63, 3.8) is 0 Å². The lowest BCUT2D eigenvalue weighted by atomic mass is 9.82. The Kier molecular flexibility index (Phi) is 3.76.